The molecule has 2 heterocycles. The second-order valence-electron chi connectivity index (χ2n) is 6.85. The number of furan rings is 1. The van der Waals surface area contributed by atoms with Gasteiger partial charge in [0, 0.05) is 12.6 Å². The lowest BCUT2D eigenvalue weighted by atomic mass is 9.95. The molecule has 1 fully saturated rings. The minimum absolute atomic E-state index is 0.0355. The highest BCUT2D eigenvalue weighted by Gasteiger charge is 2.29. The molecule has 146 valence electrons. The fourth-order valence-corrected chi connectivity index (χ4v) is 3.68. The van der Waals surface area contributed by atoms with Gasteiger partial charge in [0.2, 0.25) is 0 Å². The lowest BCUT2D eigenvalue weighted by molar-refractivity contribution is 0.0567. The van der Waals surface area contributed by atoms with Crippen LogP contribution in [0.5, 0.6) is 11.5 Å². The van der Waals surface area contributed by atoms with Crippen LogP contribution in [0.3, 0.4) is 0 Å². The molecule has 0 saturated carbocycles. The normalized spacial score (nSPS) is 17.0. The zero-order valence-electron chi connectivity index (χ0n) is 16.1. The number of amides is 1. The van der Waals surface area contributed by atoms with Gasteiger partial charge in [0.1, 0.15) is 5.76 Å². The van der Waals surface area contributed by atoms with Gasteiger partial charge in [0.05, 0.1) is 20.8 Å². The summed E-state index contributed by atoms with van der Waals surface area (Å²) in [5, 5.41) is 0. The van der Waals surface area contributed by atoms with Crippen molar-refractivity contribution in [3.8, 4) is 11.5 Å². The minimum atomic E-state index is -0.0355. The van der Waals surface area contributed by atoms with E-state index in [0.29, 0.717) is 18.1 Å². The predicted molar refractivity (Wildman–Crippen MR) is 103 cm³/mol. The Hall–Kier alpha value is -2.47. The maximum absolute atomic E-state index is 12.9. The summed E-state index contributed by atoms with van der Waals surface area (Å²) in [5.41, 5.74) is 6.76. The molecule has 1 atom stereocenters. The molecule has 6 heteroatoms. The van der Waals surface area contributed by atoms with Gasteiger partial charge in [-0.15, -0.1) is 0 Å². The Balaban J connectivity index is 1.68. The second kappa shape index (κ2) is 8.95. The molecule has 1 saturated heterocycles. The van der Waals surface area contributed by atoms with Crippen molar-refractivity contribution in [2.24, 2.45) is 5.73 Å². The van der Waals surface area contributed by atoms with Gasteiger partial charge >= 0.3 is 0 Å². The van der Waals surface area contributed by atoms with E-state index >= 15 is 0 Å². The lowest BCUT2D eigenvalue weighted by Crippen LogP contribution is -2.43. The molecule has 6 nitrogen and oxygen atoms in total. The SMILES string of the molecule is COc1ccc(CC[C@@H]2CCCCN2C(=O)c2ccc(CN)o2)cc1OC. The zero-order valence-corrected chi connectivity index (χ0v) is 16.1. The van der Waals surface area contributed by atoms with Gasteiger partial charge in [0.15, 0.2) is 17.3 Å². The molecule has 1 aliphatic heterocycles. The van der Waals surface area contributed by atoms with Crippen LogP contribution in [0.25, 0.3) is 0 Å². The smallest absolute Gasteiger partial charge is 0.289 e. The molecular weight excluding hydrogens is 344 g/mol. The van der Waals surface area contributed by atoms with Gasteiger partial charge in [-0.25, -0.2) is 0 Å². The van der Waals surface area contributed by atoms with E-state index in [9.17, 15) is 4.79 Å². The van der Waals surface area contributed by atoms with E-state index in [4.69, 9.17) is 19.6 Å². The van der Waals surface area contributed by atoms with Crippen LogP contribution < -0.4 is 15.2 Å². The molecule has 0 radical (unpaired) electrons. The molecular formula is C21H28N2O4. The third kappa shape index (κ3) is 4.45. The van der Waals surface area contributed by atoms with Gasteiger partial charge in [0.25, 0.3) is 5.91 Å². The average Bonchev–Trinajstić information content (AvgIpc) is 3.21. The molecule has 1 aromatic carbocycles. The summed E-state index contributed by atoms with van der Waals surface area (Å²) in [7, 11) is 3.27. The number of carbonyl (C=O) groups is 1. The van der Waals surface area contributed by atoms with Crippen molar-refractivity contribution in [3.05, 3.63) is 47.4 Å². The van der Waals surface area contributed by atoms with Crippen LogP contribution in [0, 0.1) is 0 Å². The molecule has 0 unspecified atom stereocenters. The van der Waals surface area contributed by atoms with E-state index in [-0.39, 0.29) is 11.9 Å². The van der Waals surface area contributed by atoms with E-state index in [1.165, 1.54) is 5.56 Å². The fraction of sp³-hybridized carbons (Fsp3) is 0.476. The number of methoxy groups -OCH3 is 2. The molecule has 1 aromatic heterocycles. The van der Waals surface area contributed by atoms with Gasteiger partial charge in [-0.05, 0) is 61.9 Å². The number of ether oxygens (including phenoxy) is 2. The van der Waals surface area contributed by atoms with Gasteiger partial charge in [-0.3, -0.25) is 4.79 Å². The summed E-state index contributed by atoms with van der Waals surface area (Å²) in [6.45, 7) is 1.07. The molecule has 2 N–H and O–H groups in total. The largest absolute Gasteiger partial charge is 0.493 e. The Morgan fingerprint density at radius 3 is 2.70 bits per heavy atom. The number of nitrogens with two attached hydrogens (primary N) is 1. The zero-order chi connectivity index (χ0) is 19.2. The summed E-state index contributed by atoms with van der Waals surface area (Å²) in [6.07, 6.45) is 4.98. The van der Waals surface area contributed by atoms with Gasteiger partial charge in [-0.1, -0.05) is 6.07 Å². The quantitative estimate of drug-likeness (QED) is 0.806. The van der Waals surface area contributed by atoms with Crippen LogP contribution in [0.15, 0.2) is 34.7 Å². The molecule has 1 aliphatic rings. The van der Waals surface area contributed by atoms with E-state index in [2.05, 4.69) is 6.07 Å². The van der Waals surface area contributed by atoms with E-state index in [1.54, 1.807) is 26.4 Å². The summed E-state index contributed by atoms with van der Waals surface area (Å²) >= 11 is 0. The van der Waals surface area contributed by atoms with Crippen LogP contribution in [0.4, 0.5) is 0 Å². The number of aryl methyl sites for hydroxylation is 1. The van der Waals surface area contributed by atoms with Crippen molar-refractivity contribution < 1.29 is 18.7 Å². The predicted octanol–water partition coefficient (Wildman–Crippen LogP) is 3.38. The molecule has 0 spiro atoms. The first-order valence-corrected chi connectivity index (χ1v) is 9.47. The van der Waals surface area contributed by atoms with Crippen LogP contribution in [-0.4, -0.2) is 37.6 Å². The third-order valence-electron chi connectivity index (χ3n) is 5.18. The summed E-state index contributed by atoms with van der Waals surface area (Å²) < 4.78 is 16.3. The highest BCUT2D eigenvalue weighted by atomic mass is 16.5. The number of hydrogen-bond donors (Lipinski definition) is 1. The summed E-state index contributed by atoms with van der Waals surface area (Å²) in [4.78, 5) is 14.9. The molecule has 2 aromatic rings. The number of carbonyl (C=O) groups excluding carboxylic acids is 1. The standard InChI is InChI=1S/C21H28N2O4/c1-25-18-10-7-15(13-20(18)26-2)6-8-16-5-3-4-12-23(16)21(24)19-11-9-17(14-22)27-19/h7,9-11,13,16H,3-6,8,12,14,22H2,1-2H3/t16-/m0/s1. The Morgan fingerprint density at radius 1 is 1.19 bits per heavy atom. The van der Waals surface area contributed by atoms with Gasteiger partial charge in [-0.2, -0.15) is 0 Å². The van der Waals surface area contributed by atoms with Crippen LogP contribution in [-0.2, 0) is 13.0 Å². The Kier molecular flexibility index (Phi) is 6.40. The number of nitrogens with zero attached hydrogens (tertiary/aromatic N) is 1. The van der Waals surface area contributed by atoms with E-state index < -0.39 is 0 Å². The van der Waals surface area contributed by atoms with Crippen molar-refractivity contribution >= 4 is 5.91 Å². The van der Waals surface area contributed by atoms with Crippen LogP contribution in [0.1, 0.15) is 47.6 Å². The minimum Gasteiger partial charge on any atom is -0.493 e. The van der Waals surface area contributed by atoms with Crippen LogP contribution >= 0.6 is 0 Å². The van der Waals surface area contributed by atoms with Gasteiger partial charge < -0.3 is 24.5 Å². The number of rotatable bonds is 7. The lowest BCUT2D eigenvalue weighted by Gasteiger charge is -2.35. The van der Waals surface area contributed by atoms with Crippen LogP contribution in [0.2, 0.25) is 0 Å². The average molecular weight is 372 g/mol. The van der Waals surface area contributed by atoms with E-state index in [0.717, 1.165) is 50.1 Å². The highest BCUT2D eigenvalue weighted by Crippen LogP contribution is 2.29. The maximum Gasteiger partial charge on any atom is 0.289 e. The highest BCUT2D eigenvalue weighted by molar-refractivity contribution is 5.91. The number of hydrogen-bond acceptors (Lipinski definition) is 5. The molecule has 27 heavy (non-hydrogen) atoms. The first-order chi connectivity index (χ1) is 13.2. The molecule has 1 amide bonds. The Morgan fingerprint density at radius 2 is 2.00 bits per heavy atom. The third-order valence-corrected chi connectivity index (χ3v) is 5.18. The molecule has 0 bridgehead atoms. The van der Waals surface area contributed by atoms with Crippen molar-refractivity contribution in [2.45, 2.75) is 44.7 Å². The topological polar surface area (TPSA) is 77.9 Å². The number of piperidine rings is 1. The summed E-state index contributed by atoms with van der Waals surface area (Å²) in [6, 6.07) is 9.70. The first-order valence-electron chi connectivity index (χ1n) is 9.47. The Bertz CT molecular complexity index is 771. The Labute approximate surface area is 160 Å². The number of likely N-dealkylation sites (tertiary alicyclic amines) is 1. The number of benzene rings is 1. The molecule has 3 rings (SSSR count). The molecule has 0 aliphatic carbocycles. The van der Waals surface area contributed by atoms with E-state index in [1.807, 2.05) is 17.0 Å². The van der Waals surface area contributed by atoms with Crippen molar-refractivity contribution in [1.82, 2.24) is 4.90 Å². The summed E-state index contributed by atoms with van der Waals surface area (Å²) in [5.74, 6) is 2.44. The maximum atomic E-state index is 12.9. The van der Waals surface area contributed by atoms with Crippen molar-refractivity contribution in [1.29, 1.82) is 0 Å². The monoisotopic (exact) mass is 372 g/mol. The van der Waals surface area contributed by atoms with Crippen molar-refractivity contribution in [3.63, 3.8) is 0 Å². The van der Waals surface area contributed by atoms with Crippen molar-refractivity contribution in [2.75, 3.05) is 20.8 Å². The second-order valence-corrected chi connectivity index (χ2v) is 6.85. The fourth-order valence-electron chi connectivity index (χ4n) is 3.68. The first kappa shape index (κ1) is 19.3.